The third-order valence-corrected chi connectivity index (χ3v) is 9.64. The van der Waals surface area contributed by atoms with Crippen LogP contribution in [0.2, 0.25) is 18.1 Å². The molecular weight excluding hydrogens is 306 g/mol. The van der Waals surface area contributed by atoms with E-state index in [0.717, 1.165) is 5.56 Å². The lowest BCUT2D eigenvalue weighted by atomic mass is 9.82. The van der Waals surface area contributed by atoms with Gasteiger partial charge in [-0.05, 0) is 23.7 Å². The molecule has 0 N–H and O–H groups in total. The molecule has 1 saturated heterocycles. The normalized spacial score (nSPS) is 22.0. The van der Waals surface area contributed by atoms with Gasteiger partial charge in [0.1, 0.15) is 0 Å². The number of hydrogen-bond donors (Lipinski definition) is 0. The summed E-state index contributed by atoms with van der Waals surface area (Å²) < 4.78 is 6.27. The van der Waals surface area contributed by atoms with Gasteiger partial charge < -0.3 is 4.43 Å². The average molecular weight is 334 g/mol. The van der Waals surface area contributed by atoms with Crippen molar-refractivity contribution in [3.05, 3.63) is 35.9 Å². The highest BCUT2D eigenvalue weighted by atomic mass is 28.4. The second-order valence-corrected chi connectivity index (χ2v) is 12.6. The molecule has 126 valence electrons. The summed E-state index contributed by atoms with van der Waals surface area (Å²) in [7, 11) is -1.92. The van der Waals surface area contributed by atoms with Crippen LogP contribution in [0.25, 0.3) is 0 Å². The van der Waals surface area contributed by atoms with E-state index in [1.807, 2.05) is 30.3 Å². The first-order valence-electron chi connectivity index (χ1n) is 8.09. The Labute approximate surface area is 140 Å². The standard InChI is InChI=1S/C18H27NO3Si/c1-13(20)19-15(12-22-23(5,6)18(2,3)4)16(17(19)21)14-10-8-7-9-11-14/h7-11,15-16H,12H2,1-6H3/t15-,16-/m0/s1. The molecule has 4 nitrogen and oxygen atoms in total. The van der Waals surface area contributed by atoms with Gasteiger partial charge in [0.2, 0.25) is 11.8 Å². The van der Waals surface area contributed by atoms with Crippen LogP contribution < -0.4 is 0 Å². The maximum atomic E-state index is 12.4. The minimum atomic E-state index is -1.92. The van der Waals surface area contributed by atoms with Crippen LogP contribution in [0.3, 0.4) is 0 Å². The van der Waals surface area contributed by atoms with Crippen LogP contribution in [0.1, 0.15) is 39.2 Å². The smallest absolute Gasteiger partial charge is 0.239 e. The average Bonchev–Trinajstić information content (AvgIpc) is 2.42. The van der Waals surface area contributed by atoms with Crippen molar-refractivity contribution in [2.45, 2.75) is 57.8 Å². The van der Waals surface area contributed by atoms with Crippen molar-refractivity contribution in [2.24, 2.45) is 0 Å². The maximum Gasteiger partial charge on any atom is 0.239 e. The van der Waals surface area contributed by atoms with Crippen LogP contribution in [0.5, 0.6) is 0 Å². The van der Waals surface area contributed by atoms with Gasteiger partial charge in [-0.3, -0.25) is 14.5 Å². The highest BCUT2D eigenvalue weighted by Crippen LogP contribution is 2.40. The topological polar surface area (TPSA) is 46.6 Å². The number of hydrogen-bond acceptors (Lipinski definition) is 3. The number of rotatable bonds is 4. The molecule has 1 aromatic rings. The summed E-state index contributed by atoms with van der Waals surface area (Å²) in [6, 6.07) is 9.46. The number of nitrogens with zero attached hydrogens (tertiary/aromatic N) is 1. The Balaban J connectivity index is 2.18. The summed E-state index contributed by atoms with van der Waals surface area (Å²) in [6.45, 7) is 12.8. The van der Waals surface area contributed by atoms with Gasteiger partial charge in [-0.1, -0.05) is 51.1 Å². The molecule has 0 unspecified atom stereocenters. The Morgan fingerprint density at radius 3 is 2.26 bits per heavy atom. The molecule has 0 aliphatic carbocycles. The third-order valence-electron chi connectivity index (χ3n) is 5.14. The zero-order valence-corrected chi connectivity index (χ0v) is 15.9. The second-order valence-electron chi connectivity index (χ2n) is 7.75. The van der Waals surface area contributed by atoms with Crippen molar-refractivity contribution >= 4 is 20.1 Å². The van der Waals surface area contributed by atoms with Gasteiger partial charge in [0.25, 0.3) is 0 Å². The summed E-state index contributed by atoms with van der Waals surface area (Å²) in [5.74, 6) is -0.594. The Morgan fingerprint density at radius 1 is 1.22 bits per heavy atom. The predicted octanol–water partition coefficient (Wildman–Crippen LogP) is 3.55. The van der Waals surface area contributed by atoms with E-state index in [-0.39, 0.29) is 28.8 Å². The molecule has 2 rings (SSSR count). The van der Waals surface area contributed by atoms with Crippen molar-refractivity contribution in [1.29, 1.82) is 0 Å². The second kappa shape index (κ2) is 6.21. The Kier molecular flexibility index (Phi) is 4.83. The highest BCUT2D eigenvalue weighted by Gasteiger charge is 2.51. The fraction of sp³-hybridized carbons (Fsp3) is 0.556. The molecule has 0 spiro atoms. The van der Waals surface area contributed by atoms with Crippen LogP contribution in [0.4, 0.5) is 0 Å². The largest absolute Gasteiger partial charge is 0.415 e. The molecule has 1 aliphatic heterocycles. The molecule has 2 amide bonds. The summed E-state index contributed by atoms with van der Waals surface area (Å²) >= 11 is 0. The zero-order chi connectivity index (χ0) is 17.4. The fourth-order valence-corrected chi connectivity index (χ4v) is 3.66. The minimum Gasteiger partial charge on any atom is -0.415 e. The molecule has 2 atom stereocenters. The number of carbonyl (C=O) groups excluding carboxylic acids is 2. The van der Waals surface area contributed by atoms with Gasteiger partial charge in [0.05, 0.1) is 18.6 Å². The van der Waals surface area contributed by atoms with E-state index in [0.29, 0.717) is 6.61 Å². The fourth-order valence-electron chi connectivity index (χ4n) is 2.64. The molecule has 1 aromatic carbocycles. The van der Waals surface area contributed by atoms with Crippen LogP contribution in [-0.4, -0.2) is 37.7 Å². The lowest BCUT2D eigenvalue weighted by molar-refractivity contribution is -0.161. The van der Waals surface area contributed by atoms with Gasteiger partial charge in [-0.2, -0.15) is 0 Å². The quantitative estimate of drug-likeness (QED) is 0.625. The Bertz CT molecular complexity index is 592. The SMILES string of the molecule is CC(=O)N1C(=O)[C@@H](c2ccccc2)[C@@H]1CO[Si](C)(C)C(C)(C)C. The number of imide groups is 1. The van der Waals surface area contributed by atoms with E-state index in [1.165, 1.54) is 11.8 Å². The van der Waals surface area contributed by atoms with Crippen LogP contribution in [0.15, 0.2) is 30.3 Å². The van der Waals surface area contributed by atoms with Gasteiger partial charge in [0, 0.05) is 6.92 Å². The van der Waals surface area contributed by atoms with E-state index in [9.17, 15) is 9.59 Å². The van der Waals surface area contributed by atoms with E-state index in [4.69, 9.17) is 4.43 Å². The van der Waals surface area contributed by atoms with E-state index < -0.39 is 8.32 Å². The molecule has 1 aliphatic rings. The van der Waals surface area contributed by atoms with Crippen molar-refractivity contribution in [1.82, 2.24) is 4.90 Å². The predicted molar refractivity (Wildman–Crippen MR) is 93.6 cm³/mol. The molecule has 0 aromatic heterocycles. The lowest BCUT2D eigenvalue weighted by Gasteiger charge is -2.47. The number of carbonyl (C=O) groups is 2. The molecule has 0 radical (unpaired) electrons. The summed E-state index contributed by atoms with van der Waals surface area (Å²) in [5.41, 5.74) is 0.957. The molecule has 1 heterocycles. The zero-order valence-electron chi connectivity index (χ0n) is 14.9. The van der Waals surface area contributed by atoms with Crippen LogP contribution in [0, 0.1) is 0 Å². The Morgan fingerprint density at radius 2 is 1.78 bits per heavy atom. The van der Waals surface area contributed by atoms with E-state index in [2.05, 4.69) is 33.9 Å². The van der Waals surface area contributed by atoms with Gasteiger partial charge in [-0.15, -0.1) is 0 Å². The van der Waals surface area contributed by atoms with Crippen molar-refractivity contribution < 1.29 is 14.0 Å². The van der Waals surface area contributed by atoms with Crippen molar-refractivity contribution in [2.75, 3.05) is 6.61 Å². The van der Waals surface area contributed by atoms with Crippen LogP contribution >= 0.6 is 0 Å². The lowest BCUT2D eigenvalue weighted by Crippen LogP contribution is -2.63. The first kappa shape index (κ1) is 17.9. The number of likely N-dealkylation sites (tertiary alicyclic amines) is 1. The number of benzene rings is 1. The van der Waals surface area contributed by atoms with Crippen LogP contribution in [-0.2, 0) is 14.0 Å². The number of amides is 2. The monoisotopic (exact) mass is 333 g/mol. The van der Waals surface area contributed by atoms with Gasteiger partial charge in [0.15, 0.2) is 8.32 Å². The maximum absolute atomic E-state index is 12.4. The molecule has 0 bridgehead atoms. The molecule has 0 saturated carbocycles. The first-order valence-corrected chi connectivity index (χ1v) is 11.0. The third kappa shape index (κ3) is 3.40. The van der Waals surface area contributed by atoms with Crippen molar-refractivity contribution in [3.8, 4) is 0 Å². The van der Waals surface area contributed by atoms with Gasteiger partial charge >= 0.3 is 0 Å². The first-order chi connectivity index (χ1) is 10.6. The molecule has 5 heteroatoms. The molecule has 1 fully saturated rings. The van der Waals surface area contributed by atoms with E-state index >= 15 is 0 Å². The molecule has 23 heavy (non-hydrogen) atoms. The number of β-lactam (4-membered cyclic amide) rings is 1. The summed E-state index contributed by atoms with van der Waals surface area (Å²) in [6.07, 6.45) is 0. The van der Waals surface area contributed by atoms with E-state index in [1.54, 1.807) is 0 Å². The minimum absolute atomic E-state index is 0.101. The van der Waals surface area contributed by atoms with Crippen molar-refractivity contribution in [3.63, 3.8) is 0 Å². The summed E-state index contributed by atoms with van der Waals surface area (Å²) in [5, 5.41) is 0.101. The van der Waals surface area contributed by atoms with Gasteiger partial charge in [-0.25, -0.2) is 0 Å². The highest BCUT2D eigenvalue weighted by molar-refractivity contribution is 6.74. The molecular formula is C18H27NO3Si. The Hall–Kier alpha value is -1.46. The summed E-state index contributed by atoms with van der Waals surface area (Å²) in [4.78, 5) is 25.6.